The van der Waals surface area contributed by atoms with Crippen molar-refractivity contribution in [3.63, 3.8) is 0 Å². The van der Waals surface area contributed by atoms with E-state index in [0.717, 1.165) is 28.4 Å². The number of rotatable bonds is 5. The zero-order chi connectivity index (χ0) is 22.1. The van der Waals surface area contributed by atoms with E-state index in [9.17, 15) is 0 Å². The number of benzene rings is 2. The normalized spacial score (nSPS) is 11.2. The fourth-order valence-corrected chi connectivity index (χ4v) is 3.27. The minimum atomic E-state index is 0. The summed E-state index contributed by atoms with van der Waals surface area (Å²) in [5.74, 6) is 0.859. The Kier molecular flexibility index (Phi) is 12.1. The van der Waals surface area contributed by atoms with Gasteiger partial charge in [0.2, 0.25) is 0 Å². The summed E-state index contributed by atoms with van der Waals surface area (Å²) in [7, 11) is 9.47. The Bertz CT molecular complexity index is 944. The predicted molar refractivity (Wildman–Crippen MR) is 135 cm³/mol. The molecular formula is C26H32Cl2CoN2. The Balaban J connectivity index is 0.00000113. The summed E-state index contributed by atoms with van der Waals surface area (Å²) in [4.78, 5) is 9.92. The Hall–Kier alpha value is -1.65. The van der Waals surface area contributed by atoms with Crippen LogP contribution < -0.4 is 0 Å². The summed E-state index contributed by atoms with van der Waals surface area (Å²) in [6.45, 7) is 11.0. The second-order valence-electron chi connectivity index (χ2n) is 7.61. The number of hydrogen-bond acceptors (Lipinski definition) is 2. The number of nitrogens with zero attached hydrogens (tertiary/aromatic N) is 2. The Morgan fingerprint density at radius 3 is 1.84 bits per heavy atom. The van der Waals surface area contributed by atoms with Crippen LogP contribution in [0.3, 0.4) is 0 Å². The molecule has 0 saturated carbocycles. The van der Waals surface area contributed by atoms with Crippen LogP contribution in [0.15, 0.2) is 71.7 Å². The van der Waals surface area contributed by atoms with Gasteiger partial charge in [-0.2, -0.15) is 0 Å². The molecular weight excluding hydrogens is 470 g/mol. The molecule has 3 rings (SSSR count). The van der Waals surface area contributed by atoms with Crippen molar-refractivity contribution < 1.29 is 12.9 Å². The molecule has 1 aromatic heterocycles. The Morgan fingerprint density at radius 1 is 0.806 bits per heavy atom. The van der Waals surface area contributed by atoms with E-state index in [1.165, 1.54) is 11.1 Å². The molecule has 0 aliphatic heterocycles. The summed E-state index contributed by atoms with van der Waals surface area (Å²) < 4.78 is 0. The summed E-state index contributed by atoms with van der Waals surface area (Å²) in [5.41, 5.74) is 7.65. The quantitative estimate of drug-likeness (QED) is 0.320. The molecule has 1 heterocycles. The van der Waals surface area contributed by atoms with Gasteiger partial charge in [0.25, 0.3) is 0 Å². The van der Waals surface area contributed by atoms with Crippen molar-refractivity contribution in [1.82, 2.24) is 4.98 Å². The van der Waals surface area contributed by atoms with E-state index in [4.69, 9.17) is 30.3 Å². The maximum absolute atomic E-state index is 5.06. The van der Waals surface area contributed by atoms with Gasteiger partial charge in [-0.1, -0.05) is 89.7 Å². The molecule has 2 aromatic carbocycles. The molecule has 0 atom stereocenters. The van der Waals surface area contributed by atoms with Gasteiger partial charge in [-0.15, -0.1) is 0 Å². The molecule has 0 spiro atoms. The van der Waals surface area contributed by atoms with E-state index in [1.807, 2.05) is 30.3 Å². The first-order chi connectivity index (χ1) is 14.4. The van der Waals surface area contributed by atoms with Gasteiger partial charge in [-0.05, 0) is 42.0 Å². The second kappa shape index (κ2) is 13.7. The van der Waals surface area contributed by atoms with E-state index < -0.39 is 0 Å². The SMILES string of the molecule is C.CC(=Nc1c(C(C)C)cccc1C(C)C)c1cccc(-c2ccccc2)n1.[Cl][Co][Cl]. The van der Waals surface area contributed by atoms with Gasteiger partial charge in [-0.25, -0.2) is 4.98 Å². The van der Waals surface area contributed by atoms with Crippen LogP contribution in [0.2, 0.25) is 0 Å². The molecule has 0 aliphatic carbocycles. The third-order valence-electron chi connectivity index (χ3n) is 4.81. The van der Waals surface area contributed by atoms with E-state index in [1.54, 1.807) is 0 Å². The maximum atomic E-state index is 5.06. The number of pyridine rings is 1. The van der Waals surface area contributed by atoms with Crippen molar-refractivity contribution in [2.24, 2.45) is 4.99 Å². The monoisotopic (exact) mass is 501 g/mol. The van der Waals surface area contributed by atoms with Gasteiger partial charge in [-0.3, -0.25) is 4.99 Å². The Labute approximate surface area is 202 Å². The zero-order valence-corrected chi connectivity index (χ0v) is 20.5. The van der Waals surface area contributed by atoms with Crippen LogP contribution >= 0.6 is 20.3 Å². The molecule has 0 N–H and O–H groups in total. The molecule has 0 unspecified atom stereocenters. The summed E-state index contributed by atoms with van der Waals surface area (Å²) in [6.07, 6.45) is 0. The molecule has 169 valence electrons. The molecule has 0 radical (unpaired) electrons. The van der Waals surface area contributed by atoms with Crippen molar-refractivity contribution in [3.8, 4) is 11.3 Å². The van der Waals surface area contributed by atoms with Crippen molar-refractivity contribution >= 4 is 31.7 Å². The molecule has 3 aromatic rings. The fraction of sp³-hybridized carbons (Fsp3) is 0.308. The number of aliphatic imine (C=N–C) groups is 1. The average molecular weight is 502 g/mol. The van der Waals surface area contributed by atoms with Crippen LogP contribution in [0, 0.1) is 0 Å². The zero-order valence-electron chi connectivity index (χ0n) is 18.0. The molecule has 0 fully saturated rings. The van der Waals surface area contributed by atoms with Gasteiger partial charge in [0.15, 0.2) is 0 Å². The standard InChI is InChI=1S/C25H28N2.CH4.2ClH.Co/c1-17(2)21-13-9-14-22(18(3)4)25(21)26-19(5)23-15-10-16-24(27-23)20-11-7-6-8-12-20;;;;/h6-18H,1-5H3;1H4;2*1H;/q;;;;+2/p-2. The third-order valence-corrected chi connectivity index (χ3v) is 4.81. The first-order valence-electron chi connectivity index (χ1n) is 9.93. The molecule has 0 aliphatic rings. The molecule has 0 bridgehead atoms. The van der Waals surface area contributed by atoms with E-state index in [-0.39, 0.29) is 7.43 Å². The molecule has 31 heavy (non-hydrogen) atoms. The number of hydrogen-bond donors (Lipinski definition) is 0. The molecule has 0 saturated heterocycles. The number of para-hydroxylation sites is 1. The predicted octanol–water partition coefficient (Wildman–Crippen LogP) is 9.15. The van der Waals surface area contributed by atoms with Crippen molar-refractivity contribution in [2.75, 3.05) is 0 Å². The minimum absolute atomic E-state index is 0. The molecule has 5 heteroatoms. The molecule has 0 amide bonds. The number of aromatic nitrogens is 1. The first kappa shape index (κ1) is 27.4. The van der Waals surface area contributed by atoms with Crippen molar-refractivity contribution in [2.45, 2.75) is 53.9 Å². The van der Waals surface area contributed by atoms with Gasteiger partial charge in [0.05, 0.1) is 22.8 Å². The van der Waals surface area contributed by atoms with Gasteiger partial charge < -0.3 is 0 Å². The number of halogens is 2. The van der Waals surface area contributed by atoms with E-state index in [2.05, 4.69) is 71.0 Å². The van der Waals surface area contributed by atoms with Gasteiger partial charge in [0, 0.05) is 5.56 Å². The molecule has 2 nitrogen and oxygen atoms in total. The average Bonchev–Trinajstić information content (AvgIpc) is 2.75. The second-order valence-corrected chi connectivity index (χ2v) is 9.33. The van der Waals surface area contributed by atoms with Crippen molar-refractivity contribution in [3.05, 3.63) is 83.6 Å². The van der Waals surface area contributed by atoms with Crippen LogP contribution in [0.5, 0.6) is 0 Å². The summed E-state index contributed by atoms with van der Waals surface area (Å²) in [5, 5.41) is 0. The van der Waals surface area contributed by atoms with Gasteiger partial charge >= 0.3 is 33.2 Å². The topological polar surface area (TPSA) is 25.2 Å². The Morgan fingerprint density at radius 2 is 1.32 bits per heavy atom. The summed E-state index contributed by atoms with van der Waals surface area (Å²) in [6, 6.07) is 23.0. The first-order valence-corrected chi connectivity index (χ1v) is 12.8. The van der Waals surface area contributed by atoms with E-state index in [0.29, 0.717) is 24.7 Å². The van der Waals surface area contributed by atoms with Gasteiger partial charge in [0.1, 0.15) is 0 Å². The van der Waals surface area contributed by atoms with Crippen LogP contribution in [-0.4, -0.2) is 10.7 Å². The van der Waals surface area contributed by atoms with Crippen LogP contribution in [0.1, 0.15) is 70.7 Å². The summed E-state index contributed by atoms with van der Waals surface area (Å²) >= 11 is 0.382. The van der Waals surface area contributed by atoms with E-state index >= 15 is 0 Å². The fourth-order valence-electron chi connectivity index (χ4n) is 3.27. The van der Waals surface area contributed by atoms with Crippen LogP contribution in [0.25, 0.3) is 11.3 Å². The third kappa shape index (κ3) is 7.76. The van der Waals surface area contributed by atoms with Crippen LogP contribution in [0.4, 0.5) is 5.69 Å². The van der Waals surface area contributed by atoms with Crippen LogP contribution in [-0.2, 0) is 12.9 Å². The van der Waals surface area contributed by atoms with Crippen molar-refractivity contribution in [1.29, 1.82) is 0 Å².